The van der Waals surface area contributed by atoms with E-state index in [9.17, 15) is 4.79 Å². The molecule has 0 aromatic heterocycles. The Labute approximate surface area is 142 Å². The van der Waals surface area contributed by atoms with Gasteiger partial charge in [-0.1, -0.05) is 35.9 Å². The summed E-state index contributed by atoms with van der Waals surface area (Å²) in [6.07, 6.45) is 0.796. The lowest BCUT2D eigenvalue weighted by atomic mass is 10.0. The normalized spacial score (nSPS) is 11.8. The van der Waals surface area contributed by atoms with Crippen LogP contribution < -0.4 is 10.1 Å². The van der Waals surface area contributed by atoms with Crippen LogP contribution in [0.3, 0.4) is 0 Å². The largest absolute Gasteiger partial charge is 0.497 e. The maximum Gasteiger partial charge on any atom is 0.242 e. The Morgan fingerprint density at radius 1 is 1.17 bits per heavy atom. The summed E-state index contributed by atoms with van der Waals surface area (Å²) in [4.78, 5) is 12.2. The summed E-state index contributed by atoms with van der Waals surface area (Å²) in [5, 5.41) is 2.20. The predicted octanol–water partition coefficient (Wildman–Crippen LogP) is 3.95. The predicted molar refractivity (Wildman–Crippen MR) is 94.2 cm³/mol. The Morgan fingerprint density at radius 3 is 2.48 bits per heavy atom. The number of aryl methyl sites for hydroxylation is 2. The molecule has 0 aliphatic rings. The Morgan fingerprint density at radius 2 is 1.87 bits per heavy atom. The van der Waals surface area contributed by atoms with Crippen molar-refractivity contribution in [3.05, 3.63) is 64.7 Å². The van der Waals surface area contributed by atoms with Crippen molar-refractivity contribution in [2.75, 3.05) is 13.7 Å². The molecule has 2 aromatic carbocycles. The summed E-state index contributed by atoms with van der Waals surface area (Å²) in [6.45, 7) is 4.74. The average molecular weight is 332 g/mol. The average Bonchev–Trinajstić information content (AvgIpc) is 2.56. The van der Waals surface area contributed by atoms with Gasteiger partial charge in [0.05, 0.1) is 7.11 Å². The molecule has 3 nitrogen and oxygen atoms in total. The lowest BCUT2D eigenvalue weighted by molar-refractivity contribution is -0.120. The van der Waals surface area contributed by atoms with Crippen LogP contribution in [0, 0.1) is 13.8 Å². The van der Waals surface area contributed by atoms with E-state index < -0.39 is 5.38 Å². The van der Waals surface area contributed by atoms with Gasteiger partial charge in [-0.2, -0.15) is 0 Å². The highest BCUT2D eigenvalue weighted by Gasteiger charge is 2.17. The Hall–Kier alpha value is -2.00. The van der Waals surface area contributed by atoms with E-state index in [0.717, 1.165) is 17.7 Å². The van der Waals surface area contributed by atoms with Crippen LogP contribution in [0.1, 0.15) is 27.6 Å². The quantitative estimate of drug-likeness (QED) is 0.814. The molecule has 0 aliphatic carbocycles. The summed E-state index contributed by atoms with van der Waals surface area (Å²) in [7, 11) is 1.60. The fraction of sp³-hybridized carbons (Fsp3) is 0.316. The molecule has 1 amide bonds. The van der Waals surface area contributed by atoms with Gasteiger partial charge in [-0.05, 0) is 49.1 Å². The molecule has 0 heterocycles. The van der Waals surface area contributed by atoms with E-state index in [0.29, 0.717) is 6.54 Å². The molecule has 1 atom stereocenters. The highest BCUT2D eigenvalue weighted by atomic mass is 35.5. The topological polar surface area (TPSA) is 38.3 Å². The van der Waals surface area contributed by atoms with Crippen LogP contribution in [0.4, 0.5) is 0 Å². The number of hydrogen-bond acceptors (Lipinski definition) is 2. The van der Waals surface area contributed by atoms with Crippen LogP contribution in [0.5, 0.6) is 5.75 Å². The number of amides is 1. The van der Waals surface area contributed by atoms with Gasteiger partial charge >= 0.3 is 0 Å². The Bertz CT molecular complexity index is 668. The van der Waals surface area contributed by atoms with Crippen LogP contribution in [0.2, 0.25) is 0 Å². The molecule has 0 fully saturated rings. The number of alkyl halides is 1. The lowest BCUT2D eigenvalue weighted by Gasteiger charge is -2.12. The van der Waals surface area contributed by atoms with E-state index in [2.05, 4.69) is 37.4 Å². The first-order valence-electron chi connectivity index (χ1n) is 7.63. The molecular weight excluding hydrogens is 310 g/mol. The third-order valence-corrected chi connectivity index (χ3v) is 4.28. The molecule has 0 saturated carbocycles. The smallest absolute Gasteiger partial charge is 0.242 e. The highest BCUT2D eigenvalue weighted by molar-refractivity contribution is 6.30. The minimum atomic E-state index is -0.694. The number of hydrogen-bond donors (Lipinski definition) is 1. The van der Waals surface area contributed by atoms with Gasteiger partial charge in [-0.3, -0.25) is 4.79 Å². The monoisotopic (exact) mass is 331 g/mol. The molecule has 0 radical (unpaired) electrons. The van der Waals surface area contributed by atoms with E-state index >= 15 is 0 Å². The van der Waals surface area contributed by atoms with Gasteiger partial charge in [0.25, 0.3) is 0 Å². The van der Waals surface area contributed by atoms with E-state index in [4.69, 9.17) is 16.3 Å². The molecular formula is C19H22ClNO2. The second kappa shape index (κ2) is 8.02. The summed E-state index contributed by atoms with van der Waals surface area (Å²) in [6, 6.07) is 13.6. The molecule has 23 heavy (non-hydrogen) atoms. The van der Waals surface area contributed by atoms with Crippen molar-refractivity contribution in [2.24, 2.45) is 0 Å². The first kappa shape index (κ1) is 17.4. The molecule has 4 heteroatoms. The third-order valence-electron chi connectivity index (χ3n) is 3.83. The summed E-state index contributed by atoms with van der Waals surface area (Å²) >= 11 is 6.23. The zero-order valence-corrected chi connectivity index (χ0v) is 14.5. The molecule has 0 bridgehead atoms. The number of halogens is 1. The number of carbonyl (C=O) groups is 1. The van der Waals surface area contributed by atoms with Crippen molar-refractivity contribution in [3.8, 4) is 5.75 Å². The van der Waals surface area contributed by atoms with E-state index in [1.807, 2.05) is 0 Å². The Kier molecular flexibility index (Phi) is 6.05. The van der Waals surface area contributed by atoms with Gasteiger partial charge in [0, 0.05) is 6.54 Å². The number of ether oxygens (including phenoxy) is 1. The van der Waals surface area contributed by atoms with E-state index in [-0.39, 0.29) is 5.91 Å². The number of rotatable bonds is 6. The fourth-order valence-corrected chi connectivity index (χ4v) is 2.68. The van der Waals surface area contributed by atoms with Crippen molar-refractivity contribution >= 4 is 17.5 Å². The maximum absolute atomic E-state index is 12.2. The molecule has 1 N–H and O–H groups in total. The molecule has 2 rings (SSSR count). The number of methoxy groups -OCH3 is 1. The van der Waals surface area contributed by atoms with Crippen molar-refractivity contribution in [2.45, 2.75) is 25.6 Å². The zero-order chi connectivity index (χ0) is 16.8. The third kappa shape index (κ3) is 4.73. The van der Waals surface area contributed by atoms with Crippen LogP contribution >= 0.6 is 11.6 Å². The van der Waals surface area contributed by atoms with Gasteiger partial charge in [0.2, 0.25) is 5.91 Å². The van der Waals surface area contributed by atoms with Gasteiger partial charge < -0.3 is 10.1 Å². The van der Waals surface area contributed by atoms with E-state index in [1.54, 1.807) is 31.4 Å². The first-order chi connectivity index (χ1) is 11.0. The van der Waals surface area contributed by atoms with Gasteiger partial charge in [-0.25, -0.2) is 0 Å². The second-order valence-electron chi connectivity index (χ2n) is 5.61. The van der Waals surface area contributed by atoms with Crippen LogP contribution in [-0.4, -0.2) is 19.6 Å². The van der Waals surface area contributed by atoms with Gasteiger partial charge in [0.15, 0.2) is 0 Å². The van der Waals surface area contributed by atoms with Crippen LogP contribution in [0.25, 0.3) is 0 Å². The SMILES string of the molecule is COc1ccc(C(Cl)C(=O)NCCc2ccc(C)cc2C)cc1. The van der Waals surface area contributed by atoms with Crippen LogP contribution in [-0.2, 0) is 11.2 Å². The van der Waals surface area contributed by atoms with Crippen molar-refractivity contribution in [1.29, 1.82) is 0 Å². The van der Waals surface area contributed by atoms with Crippen molar-refractivity contribution < 1.29 is 9.53 Å². The molecule has 0 spiro atoms. The Balaban J connectivity index is 1.88. The molecule has 1 unspecified atom stereocenters. The van der Waals surface area contributed by atoms with Gasteiger partial charge in [-0.15, -0.1) is 11.6 Å². The van der Waals surface area contributed by atoms with Crippen molar-refractivity contribution in [3.63, 3.8) is 0 Å². The minimum absolute atomic E-state index is 0.179. The minimum Gasteiger partial charge on any atom is -0.497 e. The zero-order valence-electron chi connectivity index (χ0n) is 13.7. The maximum atomic E-state index is 12.2. The molecule has 0 saturated heterocycles. The van der Waals surface area contributed by atoms with Crippen molar-refractivity contribution in [1.82, 2.24) is 5.32 Å². The molecule has 122 valence electrons. The fourth-order valence-electron chi connectivity index (χ4n) is 2.46. The first-order valence-corrected chi connectivity index (χ1v) is 8.07. The lowest BCUT2D eigenvalue weighted by Crippen LogP contribution is -2.29. The number of carbonyl (C=O) groups excluding carboxylic acids is 1. The van der Waals surface area contributed by atoms with E-state index in [1.165, 1.54) is 16.7 Å². The molecule has 0 aliphatic heterocycles. The number of nitrogens with one attached hydrogen (secondary N) is 1. The van der Waals surface area contributed by atoms with Crippen LogP contribution in [0.15, 0.2) is 42.5 Å². The summed E-state index contributed by atoms with van der Waals surface area (Å²) < 4.78 is 5.10. The second-order valence-corrected chi connectivity index (χ2v) is 6.04. The summed E-state index contributed by atoms with van der Waals surface area (Å²) in [5.74, 6) is 0.564. The number of benzene rings is 2. The highest BCUT2D eigenvalue weighted by Crippen LogP contribution is 2.23. The van der Waals surface area contributed by atoms with Gasteiger partial charge in [0.1, 0.15) is 11.1 Å². The molecule has 2 aromatic rings. The standard InChI is InChI=1S/C19H22ClNO2/c1-13-4-5-15(14(2)12-13)10-11-21-19(22)18(20)16-6-8-17(23-3)9-7-16/h4-9,12,18H,10-11H2,1-3H3,(H,21,22). The summed E-state index contributed by atoms with van der Waals surface area (Å²) in [5.41, 5.74) is 4.50.